The summed E-state index contributed by atoms with van der Waals surface area (Å²) in [4.78, 5) is 43.2. The van der Waals surface area contributed by atoms with Crippen LogP contribution in [0.15, 0.2) is 52.1 Å². The second-order valence-electron chi connectivity index (χ2n) is 7.96. The largest absolute Gasteiger partial charge is 0.416 e. The van der Waals surface area contributed by atoms with Gasteiger partial charge in [-0.05, 0) is 56.9 Å². The monoisotopic (exact) mass is 462 g/mol. The zero-order valence-electron chi connectivity index (χ0n) is 18.6. The molecule has 0 bridgehead atoms. The van der Waals surface area contributed by atoms with Gasteiger partial charge in [-0.1, -0.05) is 12.1 Å². The maximum Gasteiger partial charge on any atom is 0.416 e. The lowest BCUT2D eigenvalue weighted by Crippen LogP contribution is -2.37. The summed E-state index contributed by atoms with van der Waals surface area (Å²) in [5.74, 6) is -0.397. The third-order valence-electron chi connectivity index (χ3n) is 5.27. The number of aryl methyl sites for hydroxylation is 1. The van der Waals surface area contributed by atoms with Gasteiger partial charge in [0.15, 0.2) is 0 Å². The number of nitrogens with one attached hydrogen (secondary N) is 1. The van der Waals surface area contributed by atoms with Crippen molar-refractivity contribution in [2.24, 2.45) is 0 Å². The molecule has 3 rings (SSSR count). The van der Waals surface area contributed by atoms with Crippen molar-refractivity contribution in [2.75, 3.05) is 27.2 Å². The fourth-order valence-corrected chi connectivity index (χ4v) is 3.55. The van der Waals surface area contributed by atoms with Crippen molar-refractivity contribution in [2.45, 2.75) is 26.2 Å². The minimum atomic E-state index is -4.48. The molecule has 1 aromatic heterocycles. The van der Waals surface area contributed by atoms with E-state index in [0.29, 0.717) is 23.1 Å². The molecule has 1 heterocycles. The molecule has 0 fully saturated rings. The number of hydrogen-bond donors (Lipinski definition) is 1. The average molecular weight is 462 g/mol. The van der Waals surface area contributed by atoms with Crippen LogP contribution < -0.4 is 11.1 Å². The lowest BCUT2D eigenvalue weighted by atomic mass is 10.1. The van der Waals surface area contributed by atoms with Crippen LogP contribution in [0.5, 0.6) is 0 Å². The smallest absolute Gasteiger partial charge is 0.333 e. The number of hydrogen-bond acceptors (Lipinski definition) is 4. The number of carbonyl (C=O) groups excluding carboxylic acids is 1. The molecule has 0 atom stereocenters. The summed E-state index contributed by atoms with van der Waals surface area (Å²) in [7, 11) is 3.66. The fraction of sp³-hybridized carbons (Fsp3) is 0.348. The molecular formula is C23H25F3N4O3. The van der Waals surface area contributed by atoms with Gasteiger partial charge in [-0.2, -0.15) is 13.2 Å². The molecule has 0 unspecified atom stereocenters. The summed E-state index contributed by atoms with van der Waals surface area (Å²) in [5, 5.41) is 0. The molecule has 0 radical (unpaired) electrons. The summed E-state index contributed by atoms with van der Waals surface area (Å²) in [6.07, 6.45) is -4.48. The first-order valence-electron chi connectivity index (χ1n) is 10.4. The molecule has 0 saturated heterocycles. The second-order valence-corrected chi connectivity index (χ2v) is 7.96. The van der Waals surface area contributed by atoms with Crippen LogP contribution in [0.4, 0.5) is 13.2 Å². The zero-order chi connectivity index (χ0) is 24.3. The summed E-state index contributed by atoms with van der Waals surface area (Å²) >= 11 is 0. The van der Waals surface area contributed by atoms with Gasteiger partial charge in [-0.3, -0.25) is 14.4 Å². The Bertz CT molecular complexity index is 1280. The van der Waals surface area contributed by atoms with Gasteiger partial charge in [-0.15, -0.1) is 0 Å². The minimum Gasteiger partial charge on any atom is -0.333 e. The number of benzene rings is 2. The van der Waals surface area contributed by atoms with E-state index in [9.17, 15) is 27.6 Å². The van der Waals surface area contributed by atoms with Crippen LogP contribution in [0.25, 0.3) is 11.0 Å². The predicted octanol–water partition coefficient (Wildman–Crippen LogP) is 2.93. The van der Waals surface area contributed by atoms with Crippen molar-refractivity contribution in [1.29, 1.82) is 0 Å². The normalized spacial score (nSPS) is 11.8. The number of fused-ring (bicyclic) bond motifs is 1. The molecule has 0 saturated carbocycles. The van der Waals surface area contributed by atoms with Gasteiger partial charge < -0.3 is 19.4 Å². The van der Waals surface area contributed by atoms with E-state index in [2.05, 4.69) is 4.98 Å². The van der Waals surface area contributed by atoms with Crippen molar-refractivity contribution < 1.29 is 18.0 Å². The fourth-order valence-electron chi connectivity index (χ4n) is 3.55. The lowest BCUT2D eigenvalue weighted by molar-refractivity contribution is -0.137. The number of aromatic nitrogens is 2. The van der Waals surface area contributed by atoms with Gasteiger partial charge in [0.05, 0.1) is 16.6 Å². The topological polar surface area (TPSA) is 78.4 Å². The number of amides is 1. The Balaban J connectivity index is 1.98. The Morgan fingerprint density at radius 2 is 1.79 bits per heavy atom. The van der Waals surface area contributed by atoms with Gasteiger partial charge in [-0.25, -0.2) is 0 Å². The molecule has 3 aromatic rings. The van der Waals surface area contributed by atoms with Crippen LogP contribution in [0.2, 0.25) is 0 Å². The molecule has 10 heteroatoms. The van der Waals surface area contributed by atoms with Gasteiger partial charge in [0.25, 0.3) is 5.91 Å². The average Bonchev–Trinajstić information content (AvgIpc) is 2.76. The Labute approximate surface area is 188 Å². The molecular weight excluding hydrogens is 437 g/mol. The van der Waals surface area contributed by atoms with E-state index in [4.69, 9.17) is 0 Å². The van der Waals surface area contributed by atoms with Crippen molar-refractivity contribution in [3.63, 3.8) is 0 Å². The van der Waals surface area contributed by atoms with Crippen LogP contribution in [-0.4, -0.2) is 52.4 Å². The van der Waals surface area contributed by atoms with Gasteiger partial charge in [0, 0.05) is 31.7 Å². The third-order valence-corrected chi connectivity index (χ3v) is 5.27. The van der Waals surface area contributed by atoms with Crippen LogP contribution in [0.1, 0.15) is 28.4 Å². The highest BCUT2D eigenvalue weighted by atomic mass is 19.4. The highest BCUT2D eigenvalue weighted by molar-refractivity contribution is 5.97. The number of carbonyl (C=O) groups is 1. The number of rotatable bonds is 7. The molecule has 0 spiro atoms. The Kier molecular flexibility index (Phi) is 7.06. The van der Waals surface area contributed by atoms with Crippen molar-refractivity contribution in [1.82, 2.24) is 19.4 Å². The SMILES string of the molecule is CCn1c(=O)c(=O)[nH]c2cc(C(=O)N(CCN(C)C)Cc3cccc(C(F)(F)F)c3)ccc21. The van der Waals surface area contributed by atoms with E-state index in [0.717, 1.165) is 12.1 Å². The second kappa shape index (κ2) is 9.62. The van der Waals surface area contributed by atoms with Gasteiger partial charge >= 0.3 is 17.3 Å². The summed E-state index contributed by atoms with van der Waals surface area (Å²) in [6, 6.07) is 9.50. The molecule has 0 aliphatic heterocycles. The predicted molar refractivity (Wildman–Crippen MR) is 119 cm³/mol. The Morgan fingerprint density at radius 1 is 1.06 bits per heavy atom. The van der Waals surface area contributed by atoms with Gasteiger partial charge in [0.1, 0.15) is 0 Å². The first-order chi connectivity index (χ1) is 15.5. The number of aromatic amines is 1. The van der Waals surface area contributed by atoms with Crippen LogP contribution >= 0.6 is 0 Å². The molecule has 33 heavy (non-hydrogen) atoms. The first-order valence-corrected chi connectivity index (χ1v) is 10.4. The van der Waals surface area contributed by atoms with Crippen molar-refractivity contribution >= 4 is 16.9 Å². The van der Waals surface area contributed by atoms with Crippen molar-refractivity contribution in [3.05, 3.63) is 79.9 Å². The molecule has 1 N–H and O–H groups in total. The first kappa shape index (κ1) is 24.2. The minimum absolute atomic E-state index is 0.0143. The van der Waals surface area contributed by atoms with E-state index in [1.54, 1.807) is 25.1 Å². The molecule has 2 aromatic carbocycles. The molecule has 0 aliphatic rings. The quantitative estimate of drug-likeness (QED) is 0.548. The number of likely N-dealkylation sites (N-methyl/N-ethyl adjacent to an activating group) is 1. The van der Waals surface area contributed by atoms with Crippen LogP contribution in [0.3, 0.4) is 0 Å². The highest BCUT2D eigenvalue weighted by Crippen LogP contribution is 2.30. The van der Waals surface area contributed by atoms with E-state index in [1.165, 1.54) is 21.6 Å². The summed E-state index contributed by atoms with van der Waals surface area (Å²) < 4.78 is 40.7. The summed E-state index contributed by atoms with van der Waals surface area (Å²) in [5.41, 5.74) is -0.823. The van der Waals surface area contributed by atoms with E-state index in [1.807, 2.05) is 19.0 Å². The third kappa shape index (κ3) is 5.51. The molecule has 176 valence electrons. The zero-order valence-corrected chi connectivity index (χ0v) is 18.6. The molecule has 0 aliphatic carbocycles. The van der Waals surface area contributed by atoms with E-state index < -0.39 is 28.8 Å². The maximum atomic E-state index is 13.3. The van der Waals surface area contributed by atoms with Crippen LogP contribution in [-0.2, 0) is 19.3 Å². The highest BCUT2D eigenvalue weighted by Gasteiger charge is 2.30. The molecule has 7 nitrogen and oxygen atoms in total. The number of halogens is 3. The number of nitrogens with zero attached hydrogens (tertiary/aromatic N) is 3. The standard InChI is InChI=1S/C23H25F3N4O3/c1-4-30-19-9-8-16(13-18(19)27-20(31)22(30)33)21(32)29(11-10-28(2)3)14-15-6-5-7-17(12-15)23(24,25)26/h5-9,12-13H,4,10-11,14H2,1-3H3,(H,27,31). The van der Waals surface area contributed by atoms with Crippen molar-refractivity contribution in [3.8, 4) is 0 Å². The Hall–Kier alpha value is -3.40. The Morgan fingerprint density at radius 3 is 2.42 bits per heavy atom. The number of alkyl halides is 3. The lowest BCUT2D eigenvalue weighted by Gasteiger charge is -2.25. The summed E-state index contributed by atoms with van der Waals surface area (Å²) in [6.45, 7) is 2.80. The van der Waals surface area contributed by atoms with E-state index >= 15 is 0 Å². The van der Waals surface area contributed by atoms with Gasteiger partial charge in [0.2, 0.25) is 0 Å². The molecule has 1 amide bonds. The van der Waals surface area contributed by atoms with E-state index in [-0.39, 0.29) is 25.2 Å². The number of H-pyrrole nitrogens is 1. The van der Waals surface area contributed by atoms with Crippen LogP contribution in [0, 0.1) is 0 Å². The maximum absolute atomic E-state index is 13.3.